The lowest BCUT2D eigenvalue weighted by Gasteiger charge is -2.14. The molecule has 0 fully saturated rings. The lowest BCUT2D eigenvalue weighted by Crippen LogP contribution is -2.27. The molecule has 0 aliphatic carbocycles. The molecule has 0 aliphatic heterocycles. The molecule has 2 aromatic rings. The second kappa shape index (κ2) is 7.56. The second-order valence-corrected chi connectivity index (χ2v) is 6.21. The van der Waals surface area contributed by atoms with Crippen molar-refractivity contribution in [3.63, 3.8) is 0 Å². The van der Waals surface area contributed by atoms with Crippen molar-refractivity contribution in [1.29, 1.82) is 0 Å². The summed E-state index contributed by atoms with van der Waals surface area (Å²) in [4.78, 5) is 26.0. The van der Waals surface area contributed by atoms with Crippen LogP contribution in [-0.2, 0) is 19.1 Å². The first kappa shape index (κ1) is 16.0. The van der Waals surface area contributed by atoms with Gasteiger partial charge in [-0.25, -0.2) is 9.59 Å². The van der Waals surface area contributed by atoms with Crippen LogP contribution < -0.4 is 0 Å². The van der Waals surface area contributed by atoms with Crippen LogP contribution in [0.15, 0.2) is 70.5 Å². The van der Waals surface area contributed by atoms with Gasteiger partial charge in [0.1, 0.15) is 0 Å². The molecule has 0 radical (unpaired) electrons. The maximum absolute atomic E-state index is 12.1. The SMILES string of the molecule is COC(=O)C(C(=O)OC)=S(c1ccccc1)c1ccccc1. The predicted molar refractivity (Wildman–Crippen MR) is 86.0 cm³/mol. The smallest absolute Gasteiger partial charge is 0.351 e. The van der Waals surface area contributed by atoms with E-state index in [1.54, 1.807) is 0 Å². The molecule has 4 nitrogen and oxygen atoms in total. The van der Waals surface area contributed by atoms with Crippen LogP contribution in [0.25, 0.3) is 0 Å². The fourth-order valence-electron chi connectivity index (χ4n) is 1.92. The lowest BCUT2D eigenvalue weighted by molar-refractivity contribution is -0.137. The average molecular weight is 316 g/mol. The summed E-state index contributed by atoms with van der Waals surface area (Å²) < 4.78 is 9.58. The van der Waals surface area contributed by atoms with Crippen molar-refractivity contribution in [1.82, 2.24) is 0 Å². The quantitative estimate of drug-likeness (QED) is 0.494. The van der Waals surface area contributed by atoms with Gasteiger partial charge in [0.2, 0.25) is 0 Å². The van der Waals surface area contributed by atoms with Crippen molar-refractivity contribution in [2.75, 3.05) is 14.2 Å². The molecule has 0 aliphatic rings. The summed E-state index contributed by atoms with van der Waals surface area (Å²) in [5.74, 6) is -1.36. The Bertz CT molecular complexity index is 634. The van der Waals surface area contributed by atoms with Crippen LogP contribution in [0.2, 0.25) is 0 Å². The molecule has 2 rings (SSSR count). The number of rotatable bonds is 4. The monoisotopic (exact) mass is 316 g/mol. The Balaban J connectivity index is 2.77. The standard InChI is InChI=1S/C17H16O4S/c1-20-16(18)15(17(19)21-2)22(13-9-5-3-6-10-13)14-11-7-4-8-12-14/h3-12H,1-2H3. The Hall–Kier alpha value is -2.40. The summed E-state index contributed by atoms with van der Waals surface area (Å²) in [6.45, 7) is 0. The third kappa shape index (κ3) is 3.43. The number of carbonyl (C=O) groups is 2. The Labute approximate surface area is 131 Å². The fourth-order valence-corrected chi connectivity index (χ4v) is 4.02. The van der Waals surface area contributed by atoms with Crippen LogP contribution in [0.5, 0.6) is 0 Å². The Kier molecular flexibility index (Phi) is 5.49. The number of benzene rings is 2. The molecule has 22 heavy (non-hydrogen) atoms. The van der Waals surface area contributed by atoms with Crippen LogP contribution >= 0.6 is 10.5 Å². The van der Waals surface area contributed by atoms with Crippen molar-refractivity contribution < 1.29 is 19.1 Å². The average Bonchev–Trinajstić information content (AvgIpc) is 2.59. The number of hydrogen-bond acceptors (Lipinski definition) is 4. The van der Waals surface area contributed by atoms with Crippen LogP contribution in [0.3, 0.4) is 0 Å². The molecule has 0 saturated carbocycles. The molecule has 5 heteroatoms. The van der Waals surface area contributed by atoms with Crippen molar-refractivity contribution in [2.24, 2.45) is 0 Å². The van der Waals surface area contributed by atoms with E-state index >= 15 is 0 Å². The largest absolute Gasteiger partial charge is 0.465 e. The molecule has 114 valence electrons. The highest BCUT2D eigenvalue weighted by atomic mass is 32.2. The minimum absolute atomic E-state index is 0.0117. The van der Waals surface area contributed by atoms with Crippen molar-refractivity contribution in [2.45, 2.75) is 9.79 Å². The number of ether oxygens (including phenoxy) is 2. The van der Waals surface area contributed by atoms with Crippen molar-refractivity contribution in [3.05, 3.63) is 60.7 Å². The van der Waals surface area contributed by atoms with E-state index in [4.69, 9.17) is 9.47 Å². The maximum Gasteiger partial charge on any atom is 0.351 e. The van der Waals surface area contributed by atoms with E-state index in [-0.39, 0.29) is 4.86 Å². The topological polar surface area (TPSA) is 52.6 Å². The molecule has 0 bridgehead atoms. The zero-order valence-corrected chi connectivity index (χ0v) is 13.1. The van der Waals surface area contributed by atoms with Gasteiger partial charge in [-0.2, -0.15) is 0 Å². The summed E-state index contributed by atoms with van der Waals surface area (Å²) in [6.07, 6.45) is 0. The van der Waals surface area contributed by atoms with Crippen LogP contribution in [-0.4, -0.2) is 31.0 Å². The third-order valence-corrected chi connectivity index (χ3v) is 5.13. The minimum atomic E-state index is -0.881. The van der Waals surface area contributed by atoms with Gasteiger partial charge in [-0.1, -0.05) is 36.4 Å². The van der Waals surface area contributed by atoms with Crippen molar-refractivity contribution >= 4 is 27.3 Å². The number of esters is 2. The summed E-state index contributed by atoms with van der Waals surface area (Å²) in [7, 11) is 1.62. The van der Waals surface area contributed by atoms with E-state index in [0.29, 0.717) is 0 Å². The molecule has 0 unspecified atom stereocenters. The fraction of sp³-hybridized carbons (Fsp3) is 0.118. The normalized spacial score (nSPS) is 10.1. The molecule has 2 aromatic carbocycles. The van der Waals surface area contributed by atoms with Gasteiger partial charge in [0.15, 0.2) is 4.86 Å². The molecule has 0 amide bonds. The van der Waals surface area contributed by atoms with E-state index in [1.165, 1.54) is 14.2 Å². The molecular weight excluding hydrogens is 300 g/mol. The minimum Gasteiger partial charge on any atom is -0.465 e. The number of hydrogen-bond donors (Lipinski definition) is 0. The molecule has 0 saturated heterocycles. The van der Waals surface area contributed by atoms with E-state index in [9.17, 15) is 9.59 Å². The zero-order chi connectivity index (χ0) is 15.9. The van der Waals surface area contributed by atoms with E-state index in [1.807, 2.05) is 60.7 Å². The molecule has 0 heterocycles. The highest BCUT2D eigenvalue weighted by Gasteiger charge is 2.26. The molecule has 0 N–H and O–H groups in total. The predicted octanol–water partition coefficient (Wildman–Crippen LogP) is 2.89. The lowest BCUT2D eigenvalue weighted by atomic mass is 10.4. The van der Waals surface area contributed by atoms with Gasteiger partial charge in [-0.3, -0.25) is 0 Å². The van der Waals surface area contributed by atoms with Crippen molar-refractivity contribution in [3.8, 4) is 0 Å². The van der Waals surface area contributed by atoms with Crippen LogP contribution in [0.4, 0.5) is 0 Å². The third-order valence-electron chi connectivity index (χ3n) is 2.90. The van der Waals surface area contributed by atoms with E-state index in [0.717, 1.165) is 9.79 Å². The van der Waals surface area contributed by atoms with Gasteiger partial charge in [0.25, 0.3) is 0 Å². The van der Waals surface area contributed by atoms with E-state index < -0.39 is 22.4 Å². The van der Waals surface area contributed by atoms with Gasteiger partial charge < -0.3 is 9.47 Å². The molecule has 0 atom stereocenters. The molecule has 0 spiro atoms. The first-order valence-electron chi connectivity index (χ1n) is 6.57. The van der Waals surface area contributed by atoms with Crippen LogP contribution in [0.1, 0.15) is 0 Å². The highest BCUT2D eigenvalue weighted by molar-refractivity contribution is 8.18. The summed E-state index contributed by atoms with van der Waals surface area (Å²) in [5.41, 5.74) is 0. The first-order chi connectivity index (χ1) is 10.7. The number of carbonyl (C=O) groups excluding carboxylic acids is 2. The zero-order valence-electron chi connectivity index (χ0n) is 12.3. The summed E-state index contributed by atoms with van der Waals surface area (Å²) >= 11 is 0. The van der Waals surface area contributed by atoms with Gasteiger partial charge >= 0.3 is 11.9 Å². The Morgan fingerprint density at radius 3 is 1.41 bits per heavy atom. The Morgan fingerprint density at radius 1 is 0.727 bits per heavy atom. The first-order valence-corrected chi connectivity index (χ1v) is 7.79. The maximum atomic E-state index is 12.1. The molecular formula is C17H16O4S. The summed E-state index contributed by atoms with van der Waals surface area (Å²) in [5, 5.41) is 0. The van der Waals surface area contributed by atoms with Crippen LogP contribution in [0, 0.1) is 0 Å². The van der Waals surface area contributed by atoms with Gasteiger partial charge in [-0.15, -0.1) is 10.5 Å². The summed E-state index contributed by atoms with van der Waals surface area (Å²) in [6, 6.07) is 18.7. The Morgan fingerprint density at radius 2 is 1.09 bits per heavy atom. The molecule has 0 aromatic heterocycles. The number of methoxy groups -OCH3 is 2. The second-order valence-electron chi connectivity index (χ2n) is 4.24. The van der Waals surface area contributed by atoms with E-state index in [2.05, 4.69) is 0 Å². The highest BCUT2D eigenvalue weighted by Crippen LogP contribution is 2.37. The van der Waals surface area contributed by atoms with Gasteiger partial charge in [0.05, 0.1) is 14.2 Å². The van der Waals surface area contributed by atoms with Gasteiger partial charge in [-0.05, 0) is 24.3 Å². The van der Waals surface area contributed by atoms with Gasteiger partial charge in [0, 0.05) is 9.79 Å².